The first kappa shape index (κ1) is 63.2. The summed E-state index contributed by atoms with van der Waals surface area (Å²) in [5, 5.41) is 47.5. The largest absolute Gasteiger partial charge is 0.371 e. The summed E-state index contributed by atoms with van der Waals surface area (Å²) in [6.07, 6.45) is 12.4. The Morgan fingerprint density at radius 3 is 1.73 bits per heavy atom. The maximum Gasteiger partial charge on any atom is 0.203 e. The van der Waals surface area contributed by atoms with E-state index in [1.807, 2.05) is 77.1 Å². The molecular weight excluding hydrogens is 1260 g/mol. The van der Waals surface area contributed by atoms with Crippen LogP contribution in [0.4, 0.5) is 21.5 Å². The van der Waals surface area contributed by atoms with Gasteiger partial charge >= 0.3 is 0 Å². The smallest absolute Gasteiger partial charge is 0.203 e. The molecule has 7 aliphatic rings. The van der Waals surface area contributed by atoms with Crippen LogP contribution in [0.5, 0.6) is 0 Å². The van der Waals surface area contributed by atoms with Gasteiger partial charge in [0.15, 0.2) is 11.6 Å². The van der Waals surface area contributed by atoms with Gasteiger partial charge in [0.25, 0.3) is 0 Å². The Hall–Kier alpha value is -11.3. The van der Waals surface area contributed by atoms with Gasteiger partial charge in [-0.25, -0.2) is 14.1 Å². The molecule has 3 atom stereocenters. The minimum atomic E-state index is -0.226. The van der Waals surface area contributed by atoms with E-state index in [-0.39, 0.29) is 5.82 Å². The number of hydrogen-bond acceptors (Lipinski definition) is 15. The number of aromatic nitrogens is 13. The molecule has 0 bridgehead atoms. The van der Waals surface area contributed by atoms with Crippen molar-refractivity contribution in [2.45, 2.75) is 39.4 Å². The highest BCUT2D eigenvalue weighted by Gasteiger charge is 2.46. The minimum Gasteiger partial charge on any atom is -0.371 e. The van der Waals surface area contributed by atoms with Crippen molar-refractivity contribution in [1.29, 1.82) is 10.5 Å². The third kappa shape index (κ3) is 11.9. The zero-order valence-electron chi connectivity index (χ0n) is 57.4. The van der Waals surface area contributed by atoms with Gasteiger partial charge in [-0.2, -0.15) is 20.3 Å². The Morgan fingerprint density at radius 2 is 1.14 bits per heavy atom. The summed E-state index contributed by atoms with van der Waals surface area (Å²) in [7, 11) is 8.54. The lowest BCUT2D eigenvalue weighted by Crippen LogP contribution is -2.55. The Bertz CT molecular complexity index is 4970. The number of benzene rings is 6. The van der Waals surface area contributed by atoms with Crippen molar-refractivity contribution in [2.24, 2.45) is 23.2 Å². The Balaban J connectivity index is 0.000000113. The number of tetrazole rings is 1. The van der Waals surface area contributed by atoms with Gasteiger partial charge in [-0.3, -0.25) is 4.57 Å². The second-order valence-electron chi connectivity index (χ2n) is 28.9. The van der Waals surface area contributed by atoms with Crippen molar-refractivity contribution < 1.29 is 4.39 Å². The molecule has 4 saturated heterocycles. The van der Waals surface area contributed by atoms with Crippen molar-refractivity contribution in [1.82, 2.24) is 78.6 Å². The molecular formula is C79H78FN21. The quantitative estimate of drug-likeness (QED) is 0.136. The molecule has 0 saturated carbocycles. The summed E-state index contributed by atoms with van der Waals surface area (Å²) >= 11 is 0. The molecule has 12 aromatic rings. The first-order chi connectivity index (χ1) is 49.3. The van der Waals surface area contributed by atoms with Crippen LogP contribution in [0.2, 0.25) is 0 Å². The lowest BCUT2D eigenvalue weighted by Gasteiger charge is -2.46. The fourth-order valence-electron chi connectivity index (χ4n) is 16.7. The predicted molar refractivity (Wildman–Crippen MR) is 390 cm³/mol. The molecule has 1 spiro atoms. The first-order valence-electron chi connectivity index (χ1n) is 34.9. The van der Waals surface area contributed by atoms with E-state index in [2.05, 4.69) is 215 Å². The third-order valence-corrected chi connectivity index (χ3v) is 21.6. The highest BCUT2D eigenvalue weighted by Crippen LogP contribution is 2.43. The van der Waals surface area contributed by atoms with E-state index in [0.717, 1.165) is 157 Å². The summed E-state index contributed by atoms with van der Waals surface area (Å²) in [5.41, 5.74) is 22.0. The lowest BCUT2D eigenvalue weighted by atomic mass is 9.79. The molecule has 506 valence electrons. The molecule has 0 unspecified atom stereocenters. The topological polar surface area (TPSA) is 196 Å². The zero-order valence-corrected chi connectivity index (χ0v) is 57.4. The number of likely N-dealkylation sites (tertiary alicyclic amines) is 1. The monoisotopic (exact) mass is 1340 g/mol. The molecule has 0 radical (unpaired) electrons. The van der Waals surface area contributed by atoms with E-state index < -0.39 is 0 Å². The summed E-state index contributed by atoms with van der Waals surface area (Å²) in [5.74, 6) is 4.22. The van der Waals surface area contributed by atoms with Crippen LogP contribution in [-0.2, 0) is 19.6 Å². The van der Waals surface area contributed by atoms with Crippen LogP contribution >= 0.6 is 0 Å². The maximum atomic E-state index is 13.4. The van der Waals surface area contributed by atoms with Gasteiger partial charge in [0.1, 0.15) is 18.5 Å². The van der Waals surface area contributed by atoms with Crippen molar-refractivity contribution in [3.8, 4) is 97.1 Å². The van der Waals surface area contributed by atoms with Crippen molar-refractivity contribution in [3.63, 3.8) is 0 Å². The molecule has 7 aliphatic heterocycles. The average Bonchev–Trinajstić information content (AvgIpc) is 1.62. The van der Waals surface area contributed by atoms with Crippen LogP contribution in [0.25, 0.3) is 85.0 Å². The summed E-state index contributed by atoms with van der Waals surface area (Å²) in [4.78, 5) is 16.8. The summed E-state index contributed by atoms with van der Waals surface area (Å²) < 4.78 is 26.0. The number of hydrogen-bond donors (Lipinski definition) is 1. The van der Waals surface area contributed by atoms with Gasteiger partial charge in [0.2, 0.25) is 5.82 Å². The maximum absolute atomic E-state index is 13.4. The van der Waals surface area contributed by atoms with Gasteiger partial charge in [-0.05, 0) is 218 Å². The van der Waals surface area contributed by atoms with Crippen LogP contribution in [0.1, 0.15) is 47.6 Å². The van der Waals surface area contributed by atoms with Crippen molar-refractivity contribution in [2.75, 3.05) is 108 Å². The van der Waals surface area contributed by atoms with Crippen LogP contribution < -0.4 is 20.0 Å². The van der Waals surface area contributed by atoms with E-state index in [1.54, 1.807) is 12.7 Å². The normalized spacial score (nSPS) is 18.0. The second-order valence-corrected chi connectivity index (χ2v) is 28.9. The lowest BCUT2D eigenvalue weighted by molar-refractivity contribution is 0.0424. The number of nitriles is 2. The SMILES string of the molecule is CN(C)C[C@H]1CCN(c2ccc3c(c2)Cn2cc(-c4ccc(F)cc4)cc2-c2ncnn2-3)C1.CN1CC2(CCN(c3ccc4c(c3)Cn3cc(-c5ccc(C#N)cc5)cc3-c3nnnn3-4)C2)C1.CNC[C@H]1CN(c2ccc3c(c2)Cn2cc(-c4ccc(C#N)cc4)cc2-c2nncn2-3)C[C@H]1C. The van der Waals surface area contributed by atoms with Crippen molar-refractivity contribution >= 4 is 17.1 Å². The molecule has 101 heavy (non-hydrogen) atoms. The Labute approximate surface area is 586 Å². The third-order valence-electron chi connectivity index (χ3n) is 21.6. The molecule has 6 aromatic heterocycles. The van der Waals surface area contributed by atoms with Crippen LogP contribution in [-0.4, -0.2) is 167 Å². The summed E-state index contributed by atoms with van der Waals surface area (Å²) in [6.45, 7) is 15.8. The standard InChI is InChI=1S/C27H27N7.C26H27FN6.C26H24N8/c1-18-13-32(16-23(18)12-29-2)24-7-8-25-22(9-24)15-33-14-21(20-5-3-19(11-28)4-6-20)10-26(33)27-31-30-17-34(25)27;1-30(2)13-18-9-10-31(14-18)23-7-8-24-21(11-23)16-32-15-20(19-3-5-22(27)6-4-19)12-25(32)26-28-17-29-33(24)26;1-31-15-26(16-31)8-9-32(17-26)22-6-7-23-21(10-22)14-33-13-20(19-4-2-18(12-27)3-5-19)11-24(33)25-28-29-30-34(23)25/h3-10,14,17-18,23,29H,12-13,15-16H2,1-2H3;3-8,11-12,15,17-18H,9-10,13-14,16H2,1-2H3;2-7,10-11,13H,8-9,14-17H2,1H3/t18-,23+;18-;/m11./s1. The average molecular weight is 1340 g/mol. The number of anilines is 3. The number of halogens is 1. The molecule has 4 fully saturated rings. The van der Waals surface area contributed by atoms with Crippen molar-refractivity contribution in [3.05, 3.63) is 210 Å². The molecule has 22 heteroatoms. The van der Waals surface area contributed by atoms with E-state index in [4.69, 9.17) is 10.5 Å². The van der Waals surface area contributed by atoms with Gasteiger partial charge in [0, 0.05) is 136 Å². The molecule has 0 amide bonds. The number of nitrogens with one attached hydrogen (secondary N) is 1. The first-order valence-corrected chi connectivity index (χ1v) is 34.9. The molecule has 19 rings (SSSR count). The molecule has 0 aliphatic carbocycles. The van der Waals surface area contributed by atoms with E-state index in [9.17, 15) is 4.39 Å². The van der Waals surface area contributed by atoms with Gasteiger partial charge in [0.05, 0.1) is 57.4 Å². The van der Waals surface area contributed by atoms with E-state index in [1.165, 1.54) is 71.8 Å². The second kappa shape index (κ2) is 25.8. The fourth-order valence-corrected chi connectivity index (χ4v) is 16.7. The molecule has 13 heterocycles. The number of nitrogens with zero attached hydrogens (tertiary/aromatic N) is 20. The number of rotatable bonds is 10. The summed E-state index contributed by atoms with van der Waals surface area (Å²) in [6, 6.07) is 53.0. The predicted octanol–water partition coefficient (Wildman–Crippen LogP) is 11.4. The highest BCUT2D eigenvalue weighted by atomic mass is 19.1. The number of fused-ring (bicyclic) bond motifs is 15. The van der Waals surface area contributed by atoms with Gasteiger partial charge in [-0.1, -0.05) is 43.3 Å². The molecule has 6 aromatic carbocycles. The van der Waals surface area contributed by atoms with Gasteiger partial charge in [-0.15, -0.1) is 15.3 Å². The minimum absolute atomic E-state index is 0.226. The van der Waals surface area contributed by atoms with E-state index in [0.29, 0.717) is 34.3 Å². The van der Waals surface area contributed by atoms with Crippen LogP contribution in [0, 0.1) is 51.6 Å². The Morgan fingerprint density at radius 1 is 0.584 bits per heavy atom. The Kier molecular flexibility index (Phi) is 16.1. The molecule has 21 nitrogen and oxygen atoms in total. The molecule has 1 N–H and O–H groups in total. The van der Waals surface area contributed by atoms with Gasteiger partial charge < -0.3 is 43.5 Å². The van der Waals surface area contributed by atoms with Crippen LogP contribution in [0.15, 0.2) is 177 Å². The van der Waals surface area contributed by atoms with Crippen LogP contribution in [0.3, 0.4) is 0 Å². The highest BCUT2D eigenvalue weighted by molar-refractivity contribution is 5.76. The fraction of sp³-hybridized carbons (Fsp3) is 0.304. The zero-order chi connectivity index (χ0) is 68.6. The van der Waals surface area contributed by atoms with E-state index >= 15 is 0 Å².